The molecule has 0 atom stereocenters. The molecule has 0 aliphatic rings. The second-order valence-electron chi connectivity index (χ2n) is 4.71. The highest BCUT2D eigenvalue weighted by Gasteiger charge is 1.98. The van der Waals surface area contributed by atoms with Crippen molar-refractivity contribution in [2.75, 3.05) is 26.0 Å². The number of hydrogen-bond acceptors (Lipinski definition) is 2. The van der Waals surface area contributed by atoms with Crippen molar-refractivity contribution in [3.8, 4) is 0 Å². The Labute approximate surface area is 93.3 Å². The Morgan fingerprint density at radius 2 is 2.00 bits per heavy atom. The molecule has 2 heteroatoms. The third-order valence-electron chi connectivity index (χ3n) is 2.14. The van der Waals surface area contributed by atoms with Crippen LogP contribution in [0.4, 0.5) is 5.69 Å². The molecular weight excluding hydrogens is 184 g/mol. The third-order valence-corrected chi connectivity index (χ3v) is 2.14. The first-order valence-electron chi connectivity index (χ1n) is 5.55. The standard InChI is InChI=1S/C13H22N2/c1-11(2)9-14-13-7-5-6-12(8-13)10-15(3)4/h5-8,11,14H,9-10H2,1-4H3. The predicted octanol–water partition coefficient (Wildman–Crippen LogP) is 2.82. The van der Waals surface area contributed by atoms with Crippen LogP contribution in [0.15, 0.2) is 24.3 Å². The smallest absolute Gasteiger partial charge is 0.0343 e. The monoisotopic (exact) mass is 206 g/mol. The minimum atomic E-state index is 0.683. The zero-order chi connectivity index (χ0) is 11.3. The Hall–Kier alpha value is -1.02. The molecule has 0 saturated carbocycles. The zero-order valence-electron chi connectivity index (χ0n) is 10.2. The summed E-state index contributed by atoms with van der Waals surface area (Å²) in [7, 11) is 4.18. The molecule has 1 aromatic rings. The Balaban J connectivity index is 2.57. The van der Waals surface area contributed by atoms with E-state index in [0.717, 1.165) is 13.1 Å². The lowest BCUT2D eigenvalue weighted by Gasteiger charge is -2.13. The normalized spacial score (nSPS) is 11.1. The molecular formula is C13H22N2. The molecule has 1 aromatic carbocycles. The molecule has 0 spiro atoms. The number of nitrogens with zero attached hydrogens (tertiary/aromatic N) is 1. The summed E-state index contributed by atoms with van der Waals surface area (Å²) in [6.07, 6.45) is 0. The van der Waals surface area contributed by atoms with Crippen molar-refractivity contribution >= 4 is 5.69 Å². The molecule has 0 saturated heterocycles. The van der Waals surface area contributed by atoms with E-state index in [1.807, 2.05) is 0 Å². The van der Waals surface area contributed by atoms with Gasteiger partial charge in [-0.05, 0) is 37.7 Å². The van der Waals surface area contributed by atoms with Gasteiger partial charge in [0.25, 0.3) is 0 Å². The highest BCUT2D eigenvalue weighted by atomic mass is 15.0. The van der Waals surface area contributed by atoms with Crippen LogP contribution in [0.1, 0.15) is 19.4 Å². The Morgan fingerprint density at radius 1 is 1.27 bits per heavy atom. The number of rotatable bonds is 5. The van der Waals surface area contributed by atoms with Crippen LogP contribution < -0.4 is 5.32 Å². The number of anilines is 1. The molecule has 0 aromatic heterocycles. The molecule has 0 aliphatic carbocycles. The van der Waals surface area contributed by atoms with Crippen LogP contribution in [0.5, 0.6) is 0 Å². The largest absolute Gasteiger partial charge is 0.385 e. The van der Waals surface area contributed by atoms with Crippen molar-refractivity contribution < 1.29 is 0 Å². The van der Waals surface area contributed by atoms with Crippen molar-refractivity contribution in [3.63, 3.8) is 0 Å². The number of hydrogen-bond donors (Lipinski definition) is 1. The Morgan fingerprint density at radius 3 is 2.60 bits per heavy atom. The van der Waals surface area contributed by atoms with Crippen LogP contribution in [0.2, 0.25) is 0 Å². The fraction of sp³-hybridized carbons (Fsp3) is 0.538. The van der Waals surface area contributed by atoms with Crippen molar-refractivity contribution in [1.82, 2.24) is 4.90 Å². The van der Waals surface area contributed by atoms with E-state index >= 15 is 0 Å². The van der Waals surface area contributed by atoms with Crippen LogP contribution >= 0.6 is 0 Å². The topological polar surface area (TPSA) is 15.3 Å². The molecule has 0 amide bonds. The molecule has 1 N–H and O–H groups in total. The molecule has 0 bridgehead atoms. The fourth-order valence-corrected chi connectivity index (χ4v) is 1.47. The summed E-state index contributed by atoms with van der Waals surface area (Å²) in [6, 6.07) is 8.63. The van der Waals surface area contributed by atoms with Gasteiger partial charge in [0.15, 0.2) is 0 Å². The van der Waals surface area contributed by atoms with Gasteiger partial charge in [0.1, 0.15) is 0 Å². The molecule has 84 valence electrons. The van der Waals surface area contributed by atoms with E-state index in [1.165, 1.54) is 11.3 Å². The average Bonchev–Trinajstić information content (AvgIpc) is 2.14. The van der Waals surface area contributed by atoms with Gasteiger partial charge < -0.3 is 10.2 Å². The van der Waals surface area contributed by atoms with Crippen LogP contribution in [0.25, 0.3) is 0 Å². The molecule has 0 radical (unpaired) electrons. The van der Waals surface area contributed by atoms with Gasteiger partial charge >= 0.3 is 0 Å². The van der Waals surface area contributed by atoms with Crippen LogP contribution in [0, 0.1) is 5.92 Å². The first kappa shape index (κ1) is 12.1. The fourth-order valence-electron chi connectivity index (χ4n) is 1.47. The first-order chi connectivity index (χ1) is 7.08. The first-order valence-corrected chi connectivity index (χ1v) is 5.55. The average molecular weight is 206 g/mol. The van der Waals surface area contributed by atoms with E-state index < -0.39 is 0 Å². The molecule has 0 unspecified atom stereocenters. The lowest BCUT2D eigenvalue weighted by molar-refractivity contribution is 0.402. The van der Waals surface area contributed by atoms with Gasteiger partial charge in [-0.2, -0.15) is 0 Å². The molecule has 2 nitrogen and oxygen atoms in total. The van der Waals surface area contributed by atoms with Crippen molar-refractivity contribution in [1.29, 1.82) is 0 Å². The van der Waals surface area contributed by atoms with Crippen LogP contribution in [-0.4, -0.2) is 25.5 Å². The third kappa shape index (κ3) is 4.84. The summed E-state index contributed by atoms with van der Waals surface area (Å²) in [6.45, 7) is 6.47. The van der Waals surface area contributed by atoms with Crippen molar-refractivity contribution in [2.45, 2.75) is 20.4 Å². The second-order valence-corrected chi connectivity index (χ2v) is 4.71. The van der Waals surface area contributed by atoms with Gasteiger partial charge in [-0.3, -0.25) is 0 Å². The number of nitrogens with one attached hydrogen (secondary N) is 1. The quantitative estimate of drug-likeness (QED) is 0.797. The molecule has 0 fully saturated rings. The predicted molar refractivity (Wildman–Crippen MR) is 67.2 cm³/mol. The van der Waals surface area contributed by atoms with Gasteiger partial charge in [-0.25, -0.2) is 0 Å². The Bertz CT molecular complexity index is 292. The van der Waals surface area contributed by atoms with E-state index in [4.69, 9.17) is 0 Å². The summed E-state index contributed by atoms with van der Waals surface area (Å²) >= 11 is 0. The van der Waals surface area contributed by atoms with Crippen LogP contribution in [0.3, 0.4) is 0 Å². The van der Waals surface area contributed by atoms with E-state index in [0.29, 0.717) is 5.92 Å². The van der Waals surface area contributed by atoms with Gasteiger partial charge in [-0.1, -0.05) is 26.0 Å². The Kier molecular flexibility index (Phi) is 4.63. The maximum Gasteiger partial charge on any atom is 0.0343 e. The van der Waals surface area contributed by atoms with Crippen molar-refractivity contribution in [2.24, 2.45) is 5.92 Å². The summed E-state index contributed by atoms with van der Waals surface area (Å²) in [5.41, 5.74) is 2.58. The van der Waals surface area contributed by atoms with Gasteiger partial charge in [0.05, 0.1) is 0 Å². The summed E-state index contributed by atoms with van der Waals surface area (Å²) < 4.78 is 0. The van der Waals surface area contributed by atoms with E-state index in [2.05, 4.69) is 62.4 Å². The van der Waals surface area contributed by atoms with Crippen LogP contribution in [-0.2, 0) is 6.54 Å². The molecule has 15 heavy (non-hydrogen) atoms. The maximum atomic E-state index is 3.44. The maximum absolute atomic E-state index is 3.44. The van der Waals surface area contributed by atoms with Gasteiger partial charge in [0, 0.05) is 18.8 Å². The minimum Gasteiger partial charge on any atom is -0.385 e. The highest BCUT2D eigenvalue weighted by molar-refractivity contribution is 5.45. The van der Waals surface area contributed by atoms with E-state index in [-0.39, 0.29) is 0 Å². The second kappa shape index (κ2) is 5.76. The van der Waals surface area contributed by atoms with Crippen molar-refractivity contribution in [3.05, 3.63) is 29.8 Å². The summed E-state index contributed by atoms with van der Waals surface area (Å²) in [4.78, 5) is 2.18. The molecule has 0 heterocycles. The number of benzene rings is 1. The lowest BCUT2D eigenvalue weighted by atomic mass is 10.1. The van der Waals surface area contributed by atoms with Gasteiger partial charge in [-0.15, -0.1) is 0 Å². The summed E-state index contributed by atoms with van der Waals surface area (Å²) in [5, 5.41) is 3.44. The molecule has 1 rings (SSSR count). The van der Waals surface area contributed by atoms with E-state index in [1.54, 1.807) is 0 Å². The minimum absolute atomic E-state index is 0.683. The van der Waals surface area contributed by atoms with Gasteiger partial charge in [0.2, 0.25) is 0 Å². The molecule has 0 aliphatic heterocycles. The van der Waals surface area contributed by atoms with E-state index in [9.17, 15) is 0 Å². The SMILES string of the molecule is CC(C)CNc1cccc(CN(C)C)c1. The summed E-state index contributed by atoms with van der Waals surface area (Å²) in [5.74, 6) is 0.683. The highest BCUT2D eigenvalue weighted by Crippen LogP contribution is 2.12. The lowest BCUT2D eigenvalue weighted by Crippen LogP contribution is -2.11. The zero-order valence-corrected chi connectivity index (χ0v) is 10.2.